The van der Waals surface area contributed by atoms with Gasteiger partial charge in [0.2, 0.25) is 0 Å². The van der Waals surface area contributed by atoms with E-state index in [1.165, 1.54) is 11.1 Å². The van der Waals surface area contributed by atoms with Crippen molar-refractivity contribution >= 4 is 23.2 Å². The molecule has 0 aromatic heterocycles. The van der Waals surface area contributed by atoms with Gasteiger partial charge in [0.05, 0.1) is 0 Å². The minimum Gasteiger partial charge on any atom is -0.430 e. The predicted octanol–water partition coefficient (Wildman–Crippen LogP) is 3.87. The maximum Gasteiger partial charge on any atom is 0.290 e. The number of rotatable bonds is 6. The summed E-state index contributed by atoms with van der Waals surface area (Å²) in [6.07, 6.45) is 1.01. The lowest BCUT2D eigenvalue weighted by atomic mass is 10.0. The van der Waals surface area contributed by atoms with E-state index >= 15 is 0 Å². The Morgan fingerprint density at radius 1 is 1.15 bits per heavy atom. The number of hydrogen-bond acceptors (Lipinski definition) is 3. The first-order valence-corrected chi connectivity index (χ1v) is 9.21. The number of amidine groups is 1. The lowest BCUT2D eigenvalue weighted by Gasteiger charge is -2.16. The highest BCUT2D eigenvalue weighted by Crippen LogP contribution is 2.24. The standard InChI is InChI=1S/C21H27N3OS/c1-5-24(4)12-11-18-13-16(3)19(14-15(18)2)25-21(26)23-20(22)17-9-7-6-8-10-17/h6-10,13-14H,5,11-12H2,1-4H3,(H2,22,23,26). The fraction of sp³-hybridized carbons (Fsp3) is 0.333. The van der Waals surface area contributed by atoms with E-state index in [0.29, 0.717) is 5.84 Å². The van der Waals surface area contributed by atoms with Gasteiger partial charge in [0.25, 0.3) is 5.17 Å². The third-order valence-corrected chi connectivity index (χ3v) is 4.59. The Bertz CT molecular complexity index is 787. The van der Waals surface area contributed by atoms with Crippen LogP contribution in [0.2, 0.25) is 0 Å². The minimum atomic E-state index is 0.118. The Labute approximate surface area is 161 Å². The highest BCUT2D eigenvalue weighted by atomic mass is 32.1. The molecule has 0 bridgehead atoms. The van der Waals surface area contributed by atoms with E-state index in [9.17, 15) is 0 Å². The van der Waals surface area contributed by atoms with E-state index < -0.39 is 0 Å². The number of aliphatic imine (C=N–C) groups is 1. The lowest BCUT2D eigenvalue weighted by molar-refractivity contribution is 0.357. The van der Waals surface area contributed by atoms with Gasteiger partial charge in [-0.3, -0.25) is 0 Å². The first kappa shape index (κ1) is 20.1. The molecule has 4 nitrogen and oxygen atoms in total. The molecule has 26 heavy (non-hydrogen) atoms. The maximum absolute atomic E-state index is 6.00. The molecule has 2 N–H and O–H groups in total. The quantitative estimate of drug-likeness (QED) is 0.477. The topological polar surface area (TPSA) is 50.8 Å². The number of hydrogen-bond donors (Lipinski definition) is 1. The second-order valence-electron chi connectivity index (χ2n) is 6.42. The number of nitrogens with two attached hydrogens (primary N) is 1. The van der Waals surface area contributed by atoms with Gasteiger partial charge in [-0.1, -0.05) is 43.3 Å². The van der Waals surface area contributed by atoms with Gasteiger partial charge in [0.15, 0.2) is 0 Å². The highest BCUT2D eigenvalue weighted by molar-refractivity contribution is 7.80. The summed E-state index contributed by atoms with van der Waals surface area (Å²) in [6, 6.07) is 13.7. The largest absolute Gasteiger partial charge is 0.430 e. The highest BCUT2D eigenvalue weighted by Gasteiger charge is 2.09. The Morgan fingerprint density at radius 2 is 1.85 bits per heavy atom. The summed E-state index contributed by atoms with van der Waals surface area (Å²) >= 11 is 5.25. The van der Waals surface area contributed by atoms with E-state index in [0.717, 1.165) is 36.4 Å². The van der Waals surface area contributed by atoms with Gasteiger partial charge < -0.3 is 15.4 Å². The zero-order valence-electron chi connectivity index (χ0n) is 16.0. The molecule has 0 spiro atoms. The SMILES string of the molecule is CCN(C)CCc1cc(C)c(OC(=S)N=C(N)c2ccccc2)cc1C. The van der Waals surface area contributed by atoms with Crippen molar-refractivity contribution in [1.82, 2.24) is 4.90 Å². The molecule has 0 radical (unpaired) electrons. The van der Waals surface area contributed by atoms with Crippen molar-refractivity contribution in [2.75, 3.05) is 20.1 Å². The first-order valence-electron chi connectivity index (χ1n) is 8.80. The molecule has 0 fully saturated rings. The summed E-state index contributed by atoms with van der Waals surface area (Å²) in [5.41, 5.74) is 10.4. The fourth-order valence-corrected chi connectivity index (χ4v) is 2.78. The van der Waals surface area contributed by atoms with E-state index in [2.05, 4.69) is 36.9 Å². The molecular formula is C21H27N3OS. The Morgan fingerprint density at radius 3 is 2.50 bits per heavy atom. The zero-order chi connectivity index (χ0) is 19.1. The minimum absolute atomic E-state index is 0.118. The van der Waals surface area contributed by atoms with Crippen LogP contribution >= 0.6 is 12.2 Å². The number of thiocarbonyl (C=S) groups is 1. The van der Waals surface area contributed by atoms with Crippen LogP contribution in [0.25, 0.3) is 0 Å². The summed E-state index contributed by atoms with van der Waals surface area (Å²) in [6.45, 7) is 8.37. The third-order valence-electron chi connectivity index (χ3n) is 4.41. The van der Waals surface area contributed by atoms with Crippen molar-refractivity contribution in [2.45, 2.75) is 27.2 Å². The van der Waals surface area contributed by atoms with Crippen molar-refractivity contribution in [3.63, 3.8) is 0 Å². The molecule has 2 rings (SSSR count). The van der Waals surface area contributed by atoms with Crippen molar-refractivity contribution in [3.05, 3.63) is 64.7 Å². The summed E-state index contributed by atoms with van der Waals surface area (Å²) < 4.78 is 5.77. The number of likely N-dealkylation sites (N-methyl/N-ethyl adjacent to an activating group) is 1. The monoisotopic (exact) mass is 369 g/mol. The number of benzene rings is 2. The second kappa shape index (κ2) is 9.46. The Hall–Kier alpha value is -2.24. The number of nitrogens with zero attached hydrogens (tertiary/aromatic N) is 2. The Kier molecular flexibility index (Phi) is 7.30. The average Bonchev–Trinajstić information content (AvgIpc) is 2.63. The van der Waals surface area contributed by atoms with E-state index in [-0.39, 0.29) is 5.17 Å². The lowest BCUT2D eigenvalue weighted by Crippen LogP contribution is -2.20. The molecule has 0 unspecified atom stereocenters. The van der Waals surface area contributed by atoms with Gasteiger partial charge in [-0.2, -0.15) is 4.99 Å². The van der Waals surface area contributed by atoms with E-state index in [4.69, 9.17) is 22.7 Å². The molecule has 2 aromatic carbocycles. The van der Waals surface area contributed by atoms with Crippen molar-refractivity contribution in [2.24, 2.45) is 10.7 Å². The van der Waals surface area contributed by atoms with E-state index in [1.807, 2.05) is 43.3 Å². The van der Waals surface area contributed by atoms with Gasteiger partial charge in [-0.25, -0.2) is 0 Å². The molecule has 0 amide bonds. The van der Waals surface area contributed by atoms with Crippen LogP contribution in [0.5, 0.6) is 5.75 Å². The molecular weight excluding hydrogens is 342 g/mol. The van der Waals surface area contributed by atoms with Crippen LogP contribution in [0.1, 0.15) is 29.2 Å². The van der Waals surface area contributed by atoms with Crippen molar-refractivity contribution in [3.8, 4) is 5.75 Å². The second-order valence-corrected chi connectivity index (χ2v) is 6.77. The van der Waals surface area contributed by atoms with Crippen LogP contribution in [0.3, 0.4) is 0 Å². The van der Waals surface area contributed by atoms with Gasteiger partial charge in [0.1, 0.15) is 11.6 Å². The normalized spacial score (nSPS) is 11.7. The summed E-state index contributed by atoms with van der Waals surface area (Å²) in [5.74, 6) is 1.08. The molecule has 0 heterocycles. The summed E-state index contributed by atoms with van der Waals surface area (Å²) in [7, 11) is 2.13. The maximum atomic E-state index is 6.00. The van der Waals surface area contributed by atoms with E-state index in [1.54, 1.807) is 0 Å². The molecule has 2 aromatic rings. The molecule has 0 saturated carbocycles. The Balaban J connectivity index is 2.09. The van der Waals surface area contributed by atoms with Crippen molar-refractivity contribution < 1.29 is 4.74 Å². The fourth-order valence-electron chi connectivity index (χ4n) is 2.59. The molecule has 0 saturated heterocycles. The van der Waals surface area contributed by atoms with Crippen LogP contribution in [-0.4, -0.2) is 36.0 Å². The van der Waals surface area contributed by atoms with Gasteiger partial charge in [-0.05, 0) is 68.8 Å². The molecule has 0 atom stereocenters. The summed E-state index contributed by atoms with van der Waals surface area (Å²) in [4.78, 5) is 6.50. The molecule has 0 aliphatic carbocycles. The number of ether oxygens (including phenoxy) is 1. The smallest absolute Gasteiger partial charge is 0.290 e. The van der Waals surface area contributed by atoms with Gasteiger partial charge in [-0.15, -0.1) is 0 Å². The molecule has 5 heteroatoms. The van der Waals surface area contributed by atoms with Crippen LogP contribution in [0, 0.1) is 13.8 Å². The molecule has 138 valence electrons. The van der Waals surface area contributed by atoms with Crippen LogP contribution in [0.15, 0.2) is 47.5 Å². The number of aryl methyl sites for hydroxylation is 2. The van der Waals surface area contributed by atoms with Crippen LogP contribution < -0.4 is 10.5 Å². The first-order chi connectivity index (χ1) is 12.4. The predicted molar refractivity (Wildman–Crippen MR) is 113 cm³/mol. The zero-order valence-corrected chi connectivity index (χ0v) is 16.8. The molecule has 0 aliphatic rings. The average molecular weight is 370 g/mol. The summed E-state index contributed by atoms with van der Waals surface area (Å²) in [5, 5.41) is 0.118. The van der Waals surface area contributed by atoms with Gasteiger partial charge >= 0.3 is 0 Å². The molecule has 0 aliphatic heterocycles. The van der Waals surface area contributed by atoms with Gasteiger partial charge in [0, 0.05) is 12.1 Å². The third kappa shape index (κ3) is 5.64. The van der Waals surface area contributed by atoms with Crippen LogP contribution in [-0.2, 0) is 6.42 Å². The van der Waals surface area contributed by atoms with Crippen LogP contribution in [0.4, 0.5) is 0 Å². The van der Waals surface area contributed by atoms with Crippen molar-refractivity contribution in [1.29, 1.82) is 0 Å².